The van der Waals surface area contributed by atoms with Crippen LogP contribution in [0.3, 0.4) is 0 Å². The van der Waals surface area contributed by atoms with Gasteiger partial charge in [-0.15, -0.1) is 0 Å². The Hall–Kier alpha value is -1.06. The first-order chi connectivity index (χ1) is 9.61. The summed E-state index contributed by atoms with van der Waals surface area (Å²) >= 11 is 0. The van der Waals surface area contributed by atoms with Crippen molar-refractivity contribution in [3.8, 4) is 0 Å². The van der Waals surface area contributed by atoms with Crippen molar-refractivity contribution in [2.75, 3.05) is 25.2 Å². The minimum Gasteiger partial charge on any atom is -0.383 e. The molecule has 20 heavy (non-hydrogen) atoms. The second-order valence-corrected chi connectivity index (χ2v) is 6.07. The second kappa shape index (κ2) is 7.09. The Morgan fingerprint density at radius 2 is 2.10 bits per heavy atom. The quantitative estimate of drug-likeness (QED) is 0.789. The van der Waals surface area contributed by atoms with Crippen LogP contribution in [0.2, 0.25) is 0 Å². The van der Waals surface area contributed by atoms with Gasteiger partial charge in [0.2, 0.25) is 0 Å². The zero-order chi connectivity index (χ0) is 14.5. The first kappa shape index (κ1) is 15.3. The van der Waals surface area contributed by atoms with Crippen molar-refractivity contribution in [2.45, 2.75) is 52.2 Å². The highest BCUT2D eigenvalue weighted by atomic mass is 16.5. The average molecular weight is 276 g/mol. The van der Waals surface area contributed by atoms with E-state index in [0.717, 1.165) is 25.7 Å². The fourth-order valence-electron chi connectivity index (χ4n) is 2.55. The third kappa shape index (κ3) is 4.22. The molecule has 112 valence electrons. The molecule has 1 aliphatic carbocycles. The molecule has 0 unspecified atom stereocenters. The van der Waals surface area contributed by atoms with Crippen molar-refractivity contribution in [3.05, 3.63) is 29.3 Å². The summed E-state index contributed by atoms with van der Waals surface area (Å²) in [6.45, 7) is 9.32. The van der Waals surface area contributed by atoms with Crippen molar-refractivity contribution in [1.29, 1.82) is 0 Å². The third-order valence-electron chi connectivity index (χ3n) is 3.81. The van der Waals surface area contributed by atoms with E-state index in [1.54, 1.807) is 7.11 Å². The van der Waals surface area contributed by atoms with Crippen LogP contribution in [0, 0.1) is 6.92 Å². The van der Waals surface area contributed by atoms with Crippen LogP contribution in [-0.2, 0) is 11.3 Å². The number of benzene rings is 1. The van der Waals surface area contributed by atoms with E-state index in [-0.39, 0.29) is 0 Å². The number of hydrogen-bond donors (Lipinski definition) is 1. The van der Waals surface area contributed by atoms with Gasteiger partial charge in [0.05, 0.1) is 6.61 Å². The Morgan fingerprint density at radius 1 is 1.35 bits per heavy atom. The second-order valence-electron chi connectivity index (χ2n) is 6.07. The normalized spacial score (nSPS) is 14.8. The van der Waals surface area contributed by atoms with Gasteiger partial charge in [-0.05, 0) is 37.0 Å². The van der Waals surface area contributed by atoms with Gasteiger partial charge in [-0.3, -0.25) is 0 Å². The topological polar surface area (TPSA) is 24.5 Å². The molecule has 1 fully saturated rings. The van der Waals surface area contributed by atoms with Crippen molar-refractivity contribution in [2.24, 2.45) is 0 Å². The minimum atomic E-state index is 0.527. The summed E-state index contributed by atoms with van der Waals surface area (Å²) in [4.78, 5) is 2.51. The summed E-state index contributed by atoms with van der Waals surface area (Å²) in [7, 11) is 1.78. The summed E-state index contributed by atoms with van der Waals surface area (Å²) < 4.78 is 5.25. The van der Waals surface area contributed by atoms with Crippen LogP contribution in [0.1, 0.15) is 37.8 Å². The van der Waals surface area contributed by atoms with Crippen LogP contribution in [-0.4, -0.2) is 32.3 Å². The monoisotopic (exact) mass is 276 g/mol. The zero-order valence-electron chi connectivity index (χ0n) is 13.3. The van der Waals surface area contributed by atoms with Gasteiger partial charge >= 0.3 is 0 Å². The average Bonchev–Trinajstić information content (AvgIpc) is 3.23. The number of aryl methyl sites for hydroxylation is 1. The summed E-state index contributed by atoms with van der Waals surface area (Å²) in [6, 6.07) is 8.09. The van der Waals surface area contributed by atoms with E-state index >= 15 is 0 Å². The van der Waals surface area contributed by atoms with E-state index < -0.39 is 0 Å². The number of nitrogens with one attached hydrogen (secondary N) is 1. The molecule has 1 aliphatic rings. The van der Waals surface area contributed by atoms with Crippen LogP contribution < -0.4 is 10.2 Å². The number of ether oxygens (including phenoxy) is 1. The molecule has 0 spiro atoms. The highest BCUT2D eigenvalue weighted by molar-refractivity contribution is 5.56. The van der Waals surface area contributed by atoms with Gasteiger partial charge in [-0.1, -0.05) is 26.0 Å². The maximum atomic E-state index is 5.25. The summed E-state index contributed by atoms with van der Waals surface area (Å²) in [6.07, 6.45) is 2.64. The van der Waals surface area contributed by atoms with Crippen molar-refractivity contribution < 1.29 is 4.74 Å². The van der Waals surface area contributed by atoms with Crippen LogP contribution >= 0.6 is 0 Å². The number of hydrogen-bond acceptors (Lipinski definition) is 3. The molecule has 2 rings (SSSR count). The van der Waals surface area contributed by atoms with E-state index in [0.29, 0.717) is 6.04 Å². The fourth-order valence-corrected chi connectivity index (χ4v) is 2.55. The van der Waals surface area contributed by atoms with Gasteiger partial charge in [0, 0.05) is 38.0 Å². The lowest BCUT2D eigenvalue weighted by molar-refractivity contribution is 0.205. The maximum absolute atomic E-state index is 5.25. The molecule has 1 saturated carbocycles. The lowest BCUT2D eigenvalue weighted by atomic mass is 10.1. The highest BCUT2D eigenvalue weighted by Gasteiger charge is 2.29. The van der Waals surface area contributed by atoms with Crippen molar-refractivity contribution >= 4 is 5.69 Å². The lowest BCUT2D eigenvalue weighted by Crippen LogP contribution is -2.30. The third-order valence-corrected chi connectivity index (χ3v) is 3.81. The minimum absolute atomic E-state index is 0.527. The molecule has 1 aromatic rings. The molecule has 0 saturated heterocycles. The van der Waals surface area contributed by atoms with Crippen LogP contribution in [0.25, 0.3) is 0 Å². The standard InChI is InChI=1S/C17H28N2O/c1-13(2)18-12-15-5-8-17(14(3)11-15)19(9-10-20-4)16-6-7-16/h5,8,11,13,16,18H,6-7,9-10,12H2,1-4H3. The molecule has 3 nitrogen and oxygen atoms in total. The van der Waals surface area contributed by atoms with E-state index in [1.165, 1.54) is 29.7 Å². The molecule has 3 heteroatoms. The summed E-state index contributed by atoms with van der Waals surface area (Å²) in [5, 5.41) is 3.47. The van der Waals surface area contributed by atoms with Gasteiger partial charge in [-0.2, -0.15) is 0 Å². The number of methoxy groups -OCH3 is 1. The Labute approximate surface area is 123 Å². The molecule has 0 atom stereocenters. The number of anilines is 1. The Kier molecular flexibility index (Phi) is 5.44. The van der Waals surface area contributed by atoms with E-state index in [2.05, 4.69) is 49.2 Å². The van der Waals surface area contributed by atoms with Crippen molar-refractivity contribution in [1.82, 2.24) is 5.32 Å². The van der Waals surface area contributed by atoms with Gasteiger partial charge in [0.1, 0.15) is 0 Å². The highest BCUT2D eigenvalue weighted by Crippen LogP contribution is 2.33. The molecule has 1 aromatic carbocycles. The number of rotatable bonds is 8. The lowest BCUT2D eigenvalue weighted by Gasteiger charge is -2.26. The molecule has 0 aliphatic heterocycles. The molecular formula is C17H28N2O. The number of nitrogens with zero attached hydrogens (tertiary/aromatic N) is 1. The summed E-state index contributed by atoms with van der Waals surface area (Å²) in [5.41, 5.74) is 4.11. The fraction of sp³-hybridized carbons (Fsp3) is 0.647. The van der Waals surface area contributed by atoms with Gasteiger partial charge in [0.25, 0.3) is 0 Å². The van der Waals surface area contributed by atoms with E-state index in [4.69, 9.17) is 4.74 Å². The molecule has 0 heterocycles. The van der Waals surface area contributed by atoms with Crippen LogP contribution in [0.5, 0.6) is 0 Å². The SMILES string of the molecule is COCCN(c1ccc(CNC(C)C)cc1C)C1CC1. The molecule has 1 N–H and O–H groups in total. The molecule has 0 radical (unpaired) electrons. The smallest absolute Gasteiger partial charge is 0.0637 e. The Balaban J connectivity index is 2.06. The van der Waals surface area contributed by atoms with Gasteiger partial charge in [0.15, 0.2) is 0 Å². The first-order valence-electron chi connectivity index (χ1n) is 7.70. The van der Waals surface area contributed by atoms with Gasteiger partial charge < -0.3 is 15.0 Å². The van der Waals surface area contributed by atoms with E-state index in [9.17, 15) is 0 Å². The Morgan fingerprint density at radius 3 is 2.65 bits per heavy atom. The predicted octanol–water partition coefficient (Wildman–Crippen LogP) is 3.11. The van der Waals surface area contributed by atoms with Crippen LogP contribution in [0.15, 0.2) is 18.2 Å². The summed E-state index contributed by atoms with van der Waals surface area (Å²) in [5.74, 6) is 0. The van der Waals surface area contributed by atoms with E-state index in [1.807, 2.05) is 0 Å². The zero-order valence-corrected chi connectivity index (χ0v) is 13.3. The Bertz CT molecular complexity index is 427. The molecule has 0 bridgehead atoms. The maximum Gasteiger partial charge on any atom is 0.0637 e. The predicted molar refractivity (Wildman–Crippen MR) is 85.4 cm³/mol. The molecule has 0 amide bonds. The largest absolute Gasteiger partial charge is 0.383 e. The first-order valence-corrected chi connectivity index (χ1v) is 7.70. The van der Waals surface area contributed by atoms with Crippen molar-refractivity contribution in [3.63, 3.8) is 0 Å². The van der Waals surface area contributed by atoms with Gasteiger partial charge in [-0.25, -0.2) is 0 Å². The molecular weight excluding hydrogens is 248 g/mol. The molecule has 0 aromatic heterocycles. The van der Waals surface area contributed by atoms with Crippen LogP contribution in [0.4, 0.5) is 5.69 Å².